The molecule has 0 spiro atoms. The van der Waals surface area contributed by atoms with Crippen molar-refractivity contribution in [3.05, 3.63) is 30.5 Å². The summed E-state index contributed by atoms with van der Waals surface area (Å²) < 4.78 is 10.6. The lowest BCUT2D eigenvalue weighted by Crippen LogP contribution is -2.27. The largest absolute Gasteiger partial charge is 0.481 e. The minimum absolute atomic E-state index is 0.0852. The fourth-order valence-electron chi connectivity index (χ4n) is 2.49. The Morgan fingerprint density at radius 1 is 1.30 bits per heavy atom. The van der Waals surface area contributed by atoms with Crippen LogP contribution in [0.5, 0.6) is 5.88 Å². The molecule has 1 aliphatic rings. The number of methoxy groups -OCH3 is 2. The standard InChI is InChI=1S/C13H17N5O2/c1-19-9-7-10(12-14-5-6-15-12)18(8-9)13-16-4-3-11(17-13)20-2/h3-6,9-10H,7-8H2,1-2H3,(H,14,15)/t9-,10?/m1/s1. The topological polar surface area (TPSA) is 76.2 Å². The van der Waals surface area contributed by atoms with Crippen molar-refractivity contribution in [2.24, 2.45) is 0 Å². The van der Waals surface area contributed by atoms with Crippen LogP contribution < -0.4 is 9.64 Å². The molecule has 0 saturated carbocycles. The Labute approximate surface area is 117 Å². The summed E-state index contributed by atoms with van der Waals surface area (Å²) in [5.41, 5.74) is 0. The van der Waals surface area contributed by atoms with Crippen LogP contribution in [0.4, 0.5) is 5.95 Å². The van der Waals surface area contributed by atoms with E-state index in [1.807, 2.05) is 6.20 Å². The lowest BCUT2D eigenvalue weighted by Gasteiger charge is -2.22. The van der Waals surface area contributed by atoms with Crippen LogP contribution in [-0.2, 0) is 4.74 Å². The predicted molar refractivity (Wildman–Crippen MR) is 72.7 cm³/mol. The molecule has 2 aromatic rings. The second kappa shape index (κ2) is 5.46. The van der Waals surface area contributed by atoms with Gasteiger partial charge in [-0.1, -0.05) is 0 Å². The van der Waals surface area contributed by atoms with Crippen LogP contribution in [0, 0.1) is 0 Å². The summed E-state index contributed by atoms with van der Waals surface area (Å²) in [5.74, 6) is 2.08. The molecule has 0 aliphatic carbocycles. The highest BCUT2D eigenvalue weighted by Gasteiger charge is 2.36. The molecule has 3 rings (SSSR count). The van der Waals surface area contributed by atoms with Crippen molar-refractivity contribution in [1.29, 1.82) is 0 Å². The van der Waals surface area contributed by atoms with E-state index in [1.54, 1.807) is 32.7 Å². The van der Waals surface area contributed by atoms with Gasteiger partial charge in [-0.05, 0) is 0 Å². The van der Waals surface area contributed by atoms with Crippen LogP contribution in [-0.4, -0.2) is 46.8 Å². The molecule has 2 atom stereocenters. The number of imidazole rings is 1. The number of aromatic nitrogens is 4. The smallest absolute Gasteiger partial charge is 0.229 e. The Morgan fingerprint density at radius 3 is 2.90 bits per heavy atom. The van der Waals surface area contributed by atoms with E-state index in [4.69, 9.17) is 9.47 Å². The van der Waals surface area contributed by atoms with Crippen LogP contribution in [0.2, 0.25) is 0 Å². The third-order valence-corrected chi connectivity index (χ3v) is 3.51. The first-order valence-electron chi connectivity index (χ1n) is 6.47. The molecule has 1 N–H and O–H groups in total. The summed E-state index contributed by atoms with van der Waals surface area (Å²) in [7, 11) is 3.32. The highest BCUT2D eigenvalue weighted by Crippen LogP contribution is 2.34. The zero-order valence-electron chi connectivity index (χ0n) is 11.5. The van der Waals surface area contributed by atoms with Gasteiger partial charge in [0.05, 0.1) is 19.3 Å². The normalized spacial score (nSPS) is 22.2. The van der Waals surface area contributed by atoms with Gasteiger partial charge < -0.3 is 19.4 Å². The van der Waals surface area contributed by atoms with Crippen LogP contribution in [0.1, 0.15) is 18.3 Å². The summed E-state index contributed by atoms with van der Waals surface area (Å²) in [5, 5.41) is 0. The van der Waals surface area contributed by atoms with E-state index in [1.165, 1.54) is 0 Å². The molecule has 2 aromatic heterocycles. The van der Waals surface area contributed by atoms with Crippen LogP contribution in [0.25, 0.3) is 0 Å². The van der Waals surface area contributed by atoms with Gasteiger partial charge in [0.2, 0.25) is 11.8 Å². The molecule has 1 fully saturated rings. The summed E-state index contributed by atoms with van der Waals surface area (Å²) in [6.07, 6.45) is 6.26. The molecular weight excluding hydrogens is 258 g/mol. The maximum Gasteiger partial charge on any atom is 0.229 e. The SMILES string of the molecule is COc1ccnc(N2C[C@H](OC)CC2c2ncc[nH]2)n1. The van der Waals surface area contributed by atoms with E-state index in [0.29, 0.717) is 11.8 Å². The van der Waals surface area contributed by atoms with Gasteiger partial charge in [0, 0.05) is 44.7 Å². The number of anilines is 1. The van der Waals surface area contributed by atoms with Gasteiger partial charge >= 0.3 is 0 Å². The van der Waals surface area contributed by atoms with Crippen LogP contribution in [0.15, 0.2) is 24.7 Å². The highest BCUT2D eigenvalue weighted by molar-refractivity contribution is 5.37. The number of nitrogens with one attached hydrogen (secondary N) is 1. The third kappa shape index (κ3) is 2.32. The molecule has 0 amide bonds. The zero-order chi connectivity index (χ0) is 13.9. The quantitative estimate of drug-likeness (QED) is 0.902. The first kappa shape index (κ1) is 12.9. The average molecular weight is 275 g/mol. The number of rotatable bonds is 4. The van der Waals surface area contributed by atoms with E-state index in [-0.39, 0.29) is 12.1 Å². The van der Waals surface area contributed by atoms with Gasteiger partial charge in [0.15, 0.2) is 0 Å². The van der Waals surface area contributed by atoms with E-state index in [2.05, 4.69) is 24.8 Å². The molecule has 7 heteroatoms. The summed E-state index contributed by atoms with van der Waals surface area (Å²) in [4.78, 5) is 18.3. The van der Waals surface area contributed by atoms with Crippen LogP contribution >= 0.6 is 0 Å². The molecular formula is C13H17N5O2. The maximum absolute atomic E-state index is 5.48. The van der Waals surface area contributed by atoms with Gasteiger partial charge in [0.1, 0.15) is 5.82 Å². The van der Waals surface area contributed by atoms with E-state index in [0.717, 1.165) is 18.8 Å². The molecule has 0 aromatic carbocycles. The van der Waals surface area contributed by atoms with Crippen molar-refractivity contribution in [1.82, 2.24) is 19.9 Å². The Bertz CT molecular complexity index is 560. The van der Waals surface area contributed by atoms with Gasteiger partial charge in [-0.3, -0.25) is 0 Å². The van der Waals surface area contributed by atoms with Crippen LogP contribution in [0.3, 0.4) is 0 Å². The zero-order valence-corrected chi connectivity index (χ0v) is 11.5. The summed E-state index contributed by atoms with van der Waals surface area (Å²) in [6, 6.07) is 1.82. The molecule has 106 valence electrons. The fraction of sp³-hybridized carbons (Fsp3) is 0.462. The van der Waals surface area contributed by atoms with Crippen molar-refractivity contribution in [3.8, 4) is 5.88 Å². The fourth-order valence-corrected chi connectivity index (χ4v) is 2.49. The first-order valence-corrected chi connectivity index (χ1v) is 6.47. The molecule has 0 bridgehead atoms. The van der Waals surface area contributed by atoms with Crippen molar-refractivity contribution >= 4 is 5.95 Å². The van der Waals surface area contributed by atoms with Crippen molar-refractivity contribution in [3.63, 3.8) is 0 Å². The molecule has 1 unspecified atom stereocenters. The third-order valence-electron chi connectivity index (χ3n) is 3.51. The Kier molecular flexibility index (Phi) is 3.51. The van der Waals surface area contributed by atoms with Gasteiger partial charge in [0.25, 0.3) is 0 Å². The lowest BCUT2D eigenvalue weighted by molar-refractivity contribution is 0.118. The van der Waals surface area contributed by atoms with Gasteiger partial charge in [-0.15, -0.1) is 0 Å². The summed E-state index contributed by atoms with van der Waals surface area (Å²) in [6.45, 7) is 0.731. The number of aromatic amines is 1. The van der Waals surface area contributed by atoms with Gasteiger partial charge in [-0.2, -0.15) is 4.98 Å². The van der Waals surface area contributed by atoms with Crippen molar-refractivity contribution < 1.29 is 9.47 Å². The van der Waals surface area contributed by atoms with E-state index >= 15 is 0 Å². The van der Waals surface area contributed by atoms with Gasteiger partial charge in [-0.25, -0.2) is 9.97 Å². The summed E-state index contributed by atoms with van der Waals surface area (Å²) >= 11 is 0. The molecule has 20 heavy (non-hydrogen) atoms. The number of nitrogens with zero attached hydrogens (tertiary/aromatic N) is 4. The number of ether oxygens (including phenoxy) is 2. The second-order valence-corrected chi connectivity index (χ2v) is 4.63. The number of hydrogen-bond acceptors (Lipinski definition) is 6. The first-order chi connectivity index (χ1) is 9.81. The molecule has 7 nitrogen and oxygen atoms in total. The molecule has 1 aliphatic heterocycles. The Morgan fingerprint density at radius 2 is 2.20 bits per heavy atom. The minimum atomic E-state index is 0.0852. The molecule has 3 heterocycles. The lowest BCUT2D eigenvalue weighted by atomic mass is 10.2. The monoisotopic (exact) mass is 275 g/mol. The number of hydrogen-bond donors (Lipinski definition) is 1. The maximum atomic E-state index is 5.48. The Balaban J connectivity index is 1.92. The predicted octanol–water partition coefficient (Wildman–Crippen LogP) is 1.17. The van der Waals surface area contributed by atoms with E-state index in [9.17, 15) is 0 Å². The minimum Gasteiger partial charge on any atom is -0.481 e. The molecule has 0 radical (unpaired) electrons. The van der Waals surface area contributed by atoms with Crippen molar-refractivity contribution in [2.75, 3.05) is 25.7 Å². The van der Waals surface area contributed by atoms with Crippen molar-refractivity contribution in [2.45, 2.75) is 18.6 Å². The second-order valence-electron chi connectivity index (χ2n) is 4.63. The molecule has 1 saturated heterocycles. The van der Waals surface area contributed by atoms with E-state index < -0.39 is 0 Å². The number of H-pyrrole nitrogens is 1. The Hall–Kier alpha value is -2.15. The highest BCUT2D eigenvalue weighted by atomic mass is 16.5. The average Bonchev–Trinajstić information content (AvgIpc) is 3.15.